The molecular weight excluding hydrogens is 358 g/mol. The van der Waals surface area contributed by atoms with E-state index in [1.165, 1.54) is 32.4 Å². The van der Waals surface area contributed by atoms with E-state index in [1.807, 2.05) is 10.8 Å². The molecule has 1 aliphatic heterocycles. The highest BCUT2D eigenvalue weighted by Crippen LogP contribution is 2.29. The van der Waals surface area contributed by atoms with E-state index in [1.54, 1.807) is 24.3 Å². The fourth-order valence-electron chi connectivity index (χ4n) is 2.49. The van der Waals surface area contributed by atoms with E-state index < -0.39 is 15.9 Å². The molecule has 0 aliphatic carbocycles. The molecule has 0 aromatic heterocycles. The van der Waals surface area contributed by atoms with Gasteiger partial charge in [0, 0.05) is 11.6 Å². The highest BCUT2D eigenvalue weighted by atomic mass is 32.2. The largest absolute Gasteiger partial charge is 0.497 e. The van der Waals surface area contributed by atoms with Crippen LogP contribution < -0.4 is 18.9 Å². The Morgan fingerprint density at radius 2 is 1.88 bits per heavy atom. The Labute approximate surface area is 151 Å². The van der Waals surface area contributed by atoms with Gasteiger partial charge in [-0.3, -0.25) is 4.79 Å². The molecule has 0 saturated heterocycles. The second-order valence-corrected chi connectivity index (χ2v) is 7.10. The SMILES string of the molecule is COc1ccc(S(=O)(=O)NC(=O)C2=Cc3ccccc3OC2)c(OC)c1. The summed E-state index contributed by atoms with van der Waals surface area (Å²) in [5.74, 6) is 0.400. The Morgan fingerprint density at radius 1 is 1.12 bits per heavy atom. The number of benzene rings is 2. The normalized spacial score (nSPS) is 13.1. The van der Waals surface area contributed by atoms with Crippen molar-refractivity contribution in [2.24, 2.45) is 0 Å². The zero-order valence-electron chi connectivity index (χ0n) is 14.2. The van der Waals surface area contributed by atoms with E-state index >= 15 is 0 Å². The Bertz CT molecular complexity index is 981. The number of fused-ring (bicyclic) bond motifs is 1. The van der Waals surface area contributed by atoms with Gasteiger partial charge in [-0.05, 0) is 24.3 Å². The van der Waals surface area contributed by atoms with E-state index in [0.717, 1.165) is 0 Å². The van der Waals surface area contributed by atoms with Gasteiger partial charge in [-0.2, -0.15) is 0 Å². The minimum atomic E-state index is -4.13. The van der Waals surface area contributed by atoms with Gasteiger partial charge < -0.3 is 14.2 Å². The number of rotatable bonds is 5. The third kappa shape index (κ3) is 3.50. The zero-order chi connectivity index (χ0) is 18.7. The fraction of sp³-hybridized carbons (Fsp3) is 0.167. The number of methoxy groups -OCH3 is 2. The highest BCUT2D eigenvalue weighted by Gasteiger charge is 2.25. The van der Waals surface area contributed by atoms with Crippen molar-refractivity contribution in [3.05, 3.63) is 53.6 Å². The molecule has 0 spiro atoms. The third-order valence-corrected chi connectivity index (χ3v) is 5.18. The standard InChI is InChI=1S/C18H17NO6S/c1-23-14-7-8-17(16(10-14)24-2)26(21,22)19-18(20)13-9-12-5-3-4-6-15(12)25-11-13/h3-10H,11H2,1-2H3,(H,19,20). The second kappa shape index (κ2) is 7.09. The molecule has 0 saturated carbocycles. The first-order valence-corrected chi connectivity index (χ1v) is 9.14. The quantitative estimate of drug-likeness (QED) is 0.859. The first kappa shape index (κ1) is 17.8. The monoisotopic (exact) mass is 375 g/mol. The fourth-order valence-corrected chi connectivity index (χ4v) is 3.63. The molecule has 0 radical (unpaired) electrons. The maximum absolute atomic E-state index is 12.6. The number of hydrogen-bond acceptors (Lipinski definition) is 6. The van der Waals surface area contributed by atoms with Gasteiger partial charge in [0.15, 0.2) is 0 Å². The van der Waals surface area contributed by atoms with E-state index in [4.69, 9.17) is 14.2 Å². The van der Waals surface area contributed by atoms with Gasteiger partial charge in [0.25, 0.3) is 15.9 Å². The van der Waals surface area contributed by atoms with Gasteiger partial charge >= 0.3 is 0 Å². The lowest BCUT2D eigenvalue weighted by molar-refractivity contribution is -0.116. The molecule has 26 heavy (non-hydrogen) atoms. The van der Waals surface area contributed by atoms with Crippen LogP contribution >= 0.6 is 0 Å². The summed E-state index contributed by atoms with van der Waals surface area (Å²) in [4.78, 5) is 12.3. The lowest BCUT2D eigenvalue weighted by Gasteiger charge is -2.18. The maximum atomic E-state index is 12.6. The number of carbonyl (C=O) groups excluding carboxylic acids is 1. The van der Waals surface area contributed by atoms with Crippen molar-refractivity contribution >= 4 is 22.0 Å². The van der Waals surface area contributed by atoms with Gasteiger partial charge in [0.2, 0.25) is 0 Å². The number of ether oxygens (including phenoxy) is 3. The van der Waals surface area contributed by atoms with Crippen molar-refractivity contribution in [3.8, 4) is 17.2 Å². The Balaban J connectivity index is 1.87. The topological polar surface area (TPSA) is 90.9 Å². The Hall–Kier alpha value is -3.00. The summed E-state index contributed by atoms with van der Waals surface area (Å²) in [5.41, 5.74) is 0.920. The average Bonchev–Trinajstić information content (AvgIpc) is 2.66. The number of para-hydroxylation sites is 1. The summed E-state index contributed by atoms with van der Waals surface area (Å²) in [6.07, 6.45) is 1.61. The van der Waals surface area contributed by atoms with E-state index in [2.05, 4.69) is 0 Å². The van der Waals surface area contributed by atoms with Crippen LogP contribution in [-0.4, -0.2) is 35.2 Å². The molecule has 0 unspecified atom stereocenters. The molecule has 1 amide bonds. The summed E-state index contributed by atoms with van der Waals surface area (Å²) in [7, 11) is -1.34. The molecule has 136 valence electrons. The molecule has 2 aromatic rings. The van der Waals surface area contributed by atoms with Crippen LogP contribution in [-0.2, 0) is 14.8 Å². The minimum Gasteiger partial charge on any atom is -0.497 e. The van der Waals surface area contributed by atoms with E-state index in [0.29, 0.717) is 17.1 Å². The van der Waals surface area contributed by atoms with Crippen molar-refractivity contribution in [2.75, 3.05) is 20.8 Å². The molecule has 8 heteroatoms. The van der Waals surface area contributed by atoms with Crippen LogP contribution in [0.5, 0.6) is 17.2 Å². The van der Waals surface area contributed by atoms with Gasteiger partial charge in [-0.15, -0.1) is 0 Å². The maximum Gasteiger partial charge on any atom is 0.268 e. The number of amides is 1. The third-order valence-electron chi connectivity index (χ3n) is 3.81. The molecule has 7 nitrogen and oxygen atoms in total. The summed E-state index contributed by atoms with van der Waals surface area (Å²) < 4.78 is 42.9. The summed E-state index contributed by atoms with van der Waals surface area (Å²) >= 11 is 0. The first-order chi connectivity index (χ1) is 12.4. The number of hydrogen-bond donors (Lipinski definition) is 1. The molecule has 2 aromatic carbocycles. The molecule has 0 atom stereocenters. The molecule has 3 rings (SSSR count). The summed E-state index contributed by atoms with van der Waals surface area (Å²) in [6, 6.07) is 11.4. The van der Waals surface area contributed by atoms with Crippen molar-refractivity contribution in [3.63, 3.8) is 0 Å². The number of nitrogens with one attached hydrogen (secondary N) is 1. The molecule has 0 fully saturated rings. The summed E-state index contributed by atoms with van der Waals surface area (Å²) in [5, 5.41) is 0. The van der Waals surface area contributed by atoms with Gasteiger partial charge in [-0.1, -0.05) is 18.2 Å². The van der Waals surface area contributed by atoms with Crippen LogP contribution in [0.4, 0.5) is 0 Å². The number of sulfonamides is 1. The smallest absolute Gasteiger partial charge is 0.268 e. The van der Waals surface area contributed by atoms with Crippen molar-refractivity contribution in [2.45, 2.75) is 4.90 Å². The van der Waals surface area contributed by atoms with Crippen molar-refractivity contribution < 1.29 is 27.4 Å². The first-order valence-electron chi connectivity index (χ1n) is 7.66. The molecule has 1 heterocycles. The Morgan fingerprint density at radius 3 is 2.62 bits per heavy atom. The minimum absolute atomic E-state index is 0.0158. The van der Waals surface area contributed by atoms with Crippen LogP contribution in [0.25, 0.3) is 6.08 Å². The summed E-state index contributed by atoms with van der Waals surface area (Å²) in [6.45, 7) is -0.0158. The average molecular weight is 375 g/mol. The van der Waals surface area contributed by atoms with Crippen molar-refractivity contribution in [1.82, 2.24) is 4.72 Å². The predicted octanol–water partition coefficient (Wildman–Crippen LogP) is 1.98. The highest BCUT2D eigenvalue weighted by molar-refractivity contribution is 7.90. The van der Waals surface area contributed by atoms with Crippen molar-refractivity contribution in [1.29, 1.82) is 0 Å². The molecule has 1 aliphatic rings. The van der Waals surface area contributed by atoms with Crippen LogP contribution in [0, 0.1) is 0 Å². The van der Waals surface area contributed by atoms with Crippen LogP contribution in [0.15, 0.2) is 52.9 Å². The molecule has 0 bridgehead atoms. The zero-order valence-corrected chi connectivity index (χ0v) is 15.0. The molecule has 1 N–H and O–H groups in total. The van der Waals surface area contributed by atoms with Gasteiger partial charge in [0.1, 0.15) is 28.8 Å². The predicted molar refractivity (Wildman–Crippen MR) is 94.8 cm³/mol. The van der Waals surface area contributed by atoms with Gasteiger partial charge in [0.05, 0.1) is 19.8 Å². The Kier molecular flexibility index (Phi) is 4.85. The van der Waals surface area contributed by atoms with Crippen LogP contribution in [0.2, 0.25) is 0 Å². The van der Waals surface area contributed by atoms with Gasteiger partial charge in [-0.25, -0.2) is 13.1 Å². The van der Waals surface area contributed by atoms with E-state index in [-0.39, 0.29) is 22.8 Å². The molecular formula is C18H17NO6S. The lowest BCUT2D eigenvalue weighted by atomic mass is 10.1. The van der Waals surface area contributed by atoms with E-state index in [9.17, 15) is 13.2 Å². The number of carbonyl (C=O) groups is 1. The van der Waals surface area contributed by atoms with Crippen LogP contribution in [0.1, 0.15) is 5.56 Å². The van der Waals surface area contributed by atoms with Crippen LogP contribution in [0.3, 0.4) is 0 Å². The lowest BCUT2D eigenvalue weighted by Crippen LogP contribution is -2.34. The second-order valence-electron chi connectivity index (χ2n) is 5.45.